The molecule has 1 aliphatic rings. The maximum absolute atomic E-state index is 12.9. The average Bonchev–Trinajstić information content (AvgIpc) is 2.42. The van der Waals surface area contributed by atoms with Gasteiger partial charge in [-0.05, 0) is 37.5 Å². The molecule has 1 fully saturated rings. The van der Waals surface area contributed by atoms with Gasteiger partial charge < -0.3 is 28.9 Å². The molecule has 8 heteroatoms. The van der Waals surface area contributed by atoms with Crippen molar-refractivity contribution >= 4 is 18.4 Å². The van der Waals surface area contributed by atoms with Crippen molar-refractivity contribution in [2.75, 3.05) is 36.8 Å². The van der Waals surface area contributed by atoms with Crippen molar-refractivity contribution in [1.29, 1.82) is 0 Å². The van der Waals surface area contributed by atoms with Crippen molar-refractivity contribution in [3.63, 3.8) is 0 Å². The van der Waals surface area contributed by atoms with Crippen molar-refractivity contribution in [2.24, 2.45) is 0 Å². The number of nitrogen functional groups attached to an aromatic ring is 1. The summed E-state index contributed by atoms with van der Waals surface area (Å²) in [6, 6.07) is 0. The number of anilines is 2. The fourth-order valence-electron chi connectivity index (χ4n) is 3.18. The molecule has 0 unspecified atom stereocenters. The topological polar surface area (TPSA) is 41.3 Å². The Balaban J connectivity index is 0.00000242. The summed E-state index contributed by atoms with van der Waals surface area (Å²) in [7, 11) is 0. The fourth-order valence-corrected chi connectivity index (χ4v) is 3.18. The molecule has 0 amide bonds. The van der Waals surface area contributed by atoms with Gasteiger partial charge in [0.1, 0.15) is 0 Å². The second-order valence-electron chi connectivity index (χ2n) is 5.77. The first-order valence-corrected chi connectivity index (χ1v) is 7.27. The molecule has 1 aliphatic heterocycles. The molecule has 0 aromatic heterocycles. The number of rotatable bonds is 3. The number of piperazine rings is 1. The second-order valence-corrected chi connectivity index (χ2v) is 5.77. The summed E-state index contributed by atoms with van der Waals surface area (Å²) in [5.41, 5.74) is 9.98. The molecule has 22 heavy (non-hydrogen) atoms. The molecule has 0 bridgehead atoms. The average molecular weight is 339 g/mol. The third-order valence-electron chi connectivity index (χ3n) is 4.29. The van der Waals surface area contributed by atoms with E-state index in [1.54, 1.807) is 13.8 Å². The molecule has 1 aromatic carbocycles. The Morgan fingerprint density at radius 2 is 1.59 bits per heavy atom. The minimum absolute atomic E-state index is 0. The standard InChI is InChI=1S/C14H22BF3N3.K/c1-9-12(8-15(16,17)18)10(2)14(11(3)13(9)19)21-6-4-20-5-7-21;/h20H,4-8,19H2,1-3H3;/q-1;+1. The third kappa shape index (κ3) is 4.42. The molecule has 0 spiro atoms. The normalized spacial score (nSPS) is 15.6. The summed E-state index contributed by atoms with van der Waals surface area (Å²) in [4.78, 5) is 2.14. The zero-order chi connectivity index (χ0) is 15.8. The van der Waals surface area contributed by atoms with Crippen LogP contribution in [0.2, 0.25) is 0 Å². The van der Waals surface area contributed by atoms with Gasteiger partial charge in [-0.25, -0.2) is 0 Å². The van der Waals surface area contributed by atoms with E-state index in [-0.39, 0.29) is 51.4 Å². The first-order valence-electron chi connectivity index (χ1n) is 7.27. The molecule has 1 aromatic rings. The van der Waals surface area contributed by atoms with Gasteiger partial charge in [0.25, 0.3) is 0 Å². The summed E-state index contributed by atoms with van der Waals surface area (Å²) >= 11 is 0. The molecule has 3 N–H and O–H groups in total. The second kappa shape index (κ2) is 7.90. The molecule has 2 rings (SSSR count). The molecule has 0 saturated carbocycles. The van der Waals surface area contributed by atoms with Gasteiger partial charge in [-0.15, -0.1) is 0 Å². The van der Waals surface area contributed by atoms with Gasteiger partial charge >= 0.3 is 58.4 Å². The molecule has 0 aliphatic carbocycles. The molecular weight excluding hydrogens is 317 g/mol. The van der Waals surface area contributed by atoms with Crippen LogP contribution in [-0.2, 0) is 6.32 Å². The predicted molar refractivity (Wildman–Crippen MR) is 82.9 cm³/mol. The molecule has 118 valence electrons. The Kier molecular flexibility index (Phi) is 7.29. The Morgan fingerprint density at radius 3 is 2.09 bits per heavy atom. The van der Waals surface area contributed by atoms with Crippen molar-refractivity contribution in [2.45, 2.75) is 27.1 Å². The van der Waals surface area contributed by atoms with Crippen LogP contribution in [0.4, 0.5) is 24.3 Å². The number of nitrogens with two attached hydrogens (primary N) is 1. The van der Waals surface area contributed by atoms with Crippen LogP contribution in [0.15, 0.2) is 0 Å². The van der Waals surface area contributed by atoms with E-state index in [0.717, 1.165) is 43.0 Å². The Morgan fingerprint density at radius 1 is 1.05 bits per heavy atom. The van der Waals surface area contributed by atoms with Crippen LogP contribution in [0.1, 0.15) is 22.3 Å². The van der Waals surface area contributed by atoms with Crippen molar-refractivity contribution in [3.8, 4) is 0 Å². The summed E-state index contributed by atoms with van der Waals surface area (Å²) in [6.07, 6.45) is -0.860. The van der Waals surface area contributed by atoms with Crippen LogP contribution in [-0.4, -0.2) is 33.2 Å². The SMILES string of the molecule is Cc1c(N)c(C)c(N2CCNCC2)c(C)c1C[B-](F)(F)F.[K+]. The quantitative estimate of drug-likeness (QED) is 0.578. The summed E-state index contributed by atoms with van der Waals surface area (Å²) in [5.74, 6) is 0. The van der Waals surface area contributed by atoms with E-state index in [0.29, 0.717) is 16.8 Å². The van der Waals surface area contributed by atoms with E-state index in [4.69, 9.17) is 5.73 Å². The van der Waals surface area contributed by atoms with Gasteiger partial charge in [-0.1, -0.05) is 11.9 Å². The number of halogens is 3. The number of nitrogens with zero attached hydrogens (tertiary/aromatic N) is 1. The maximum Gasteiger partial charge on any atom is 1.00 e. The zero-order valence-corrected chi connectivity index (χ0v) is 16.9. The largest absolute Gasteiger partial charge is 1.00 e. The minimum atomic E-state index is -4.87. The third-order valence-corrected chi connectivity index (χ3v) is 4.29. The van der Waals surface area contributed by atoms with Gasteiger partial charge in [0.15, 0.2) is 0 Å². The van der Waals surface area contributed by atoms with E-state index in [9.17, 15) is 12.9 Å². The summed E-state index contributed by atoms with van der Waals surface area (Å²) in [6.45, 7) is 3.76. The van der Waals surface area contributed by atoms with Crippen LogP contribution in [0.3, 0.4) is 0 Å². The van der Waals surface area contributed by atoms with Crippen molar-refractivity contribution in [3.05, 3.63) is 22.3 Å². The molecule has 0 atom stereocenters. The van der Waals surface area contributed by atoms with E-state index in [1.807, 2.05) is 6.92 Å². The minimum Gasteiger partial charge on any atom is -0.449 e. The van der Waals surface area contributed by atoms with Gasteiger partial charge in [-0.2, -0.15) is 0 Å². The number of hydrogen-bond acceptors (Lipinski definition) is 3. The van der Waals surface area contributed by atoms with E-state index in [1.165, 1.54) is 0 Å². The van der Waals surface area contributed by atoms with E-state index >= 15 is 0 Å². The molecule has 1 saturated heterocycles. The van der Waals surface area contributed by atoms with Crippen molar-refractivity contribution in [1.82, 2.24) is 5.32 Å². The Hall–Kier alpha value is 0.271. The first-order chi connectivity index (χ1) is 9.72. The molecular formula is C14H22BF3KN3. The van der Waals surface area contributed by atoms with Gasteiger partial charge in [0.05, 0.1) is 0 Å². The summed E-state index contributed by atoms with van der Waals surface area (Å²) in [5, 5.41) is 3.25. The Labute approximate surface area is 172 Å². The molecule has 1 heterocycles. The van der Waals surface area contributed by atoms with Crippen molar-refractivity contribution < 1.29 is 64.3 Å². The van der Waals surface area contributed by atoms with Gasteiger partial charge in [-0.3, -0.25) is 0 Å². The van der Waals surface area contributed by atoms with Gasteiger partial charge in [0.2, 0.25) is 0 Å². The first kappa shape index (κ1) is 20.3. The van der Waals surface area contributed by atoms with E-state index < -0.39 is 13.3 Å². The molecule has 0 radical (unpaired) electrons. The van der Waals surface area contributed by atoms with E-state index in [2.05, 4.69) is 10.2 Å². The maximum atomic E-state index is 12.9. The molecule has 3 nitrogen and oxygen atoms in total. The zero-order valence-electron chi connectivity index (χ0n) is 13.8. The number of benzene rings is 1. The fraction of sp³-hybridized carbons (Fsp3) is 0.571. The van der Waals surface area contributed by atoms with Crippen LogP contribution < -0.4 is 67.3 Å². The van der Waals surface area contributed by atoms with Crippen LogP contribution in [0.5, 0.6) is 0 Å². The van der Waals surface area contributed by atoms with Crippen LogP contribution >= 0.6 is 0 Å². The van der Waals surface area contributed by atoms with Gasteiger partial charge in [0, 0.05) is 37.6 Å². The monoisotopic (exact) mass is 339 g/mol. The summed E-state index contributed by atoms with van der Waals surface area (Å²) < 4.78 is 38.7. The smallest absolute Gasteiger partial charge is 0.449 e. The number of nitrogens with one attached hydrogen (secondary N) is 1. The predicted octanol–water partition coefficient (Wildman–Crippen LogP) is -0.463. The van der Waals surface area contributed by atoms with Crippen LogP contribution in [0, 0.1) is 20.8 Å². The number of hydrogen-bond donors (Lipinski definition) is 2. The Bertz CT molecular complexity index is 543. The van der Waals surface area contributed by atoms with Crippen LogP contribution in [0.25, 0.3) is 0 Å².